The zero-order valence-electron chi connectivity index (χ0n) is 24.7. The van der Waals surface area contributed by atoms with Gasteiger partial charge in [-0.15, -0.1) is 0 Å². The van der Waals surface area contributed by atoms with E-state index >= 15 is 0 Å². The predicted octanol–water partition coefficient (Wildman–Crippen LogP) is 5.25. The highest BCUT2D eigenvalue weighted by atomic mass is 19.4. The summed E-state index contributed by atoms with van der Waals surface area (Å²) in [4.78, 5) is 35.3. The van der Waals surface area contributed by atoms with Gasteiger partial charge in [0.25, 0.3) is 0 Å². The molecule has 1 aromatic heterocycles. The number of aromatic nitrogens is 1. The standard InChI is InChI=1S/C32H37F3N6O2/c1-21-16-25(18-37-30(21)40(3)31(43)23-4-5-23)22-6-9-26(10-7-22)36-19-29(42)38-27-11-8-24(28(17-27)32(33,34)35)20-41-14-12-39(2)13-15-41/h6-11,16-18,23,36H,4-5,12-15,19-20H2,1-3H3,(H,38,42). The summed E-state index contributed by atoms with van der Waals surface area (Å²) >= 11 is 0. The second kappa shape index (κ2) is 12.7. The molecule has 3 aromatic rings. The molecule has 2 aromatic carbocycles. The quantitative estimate of drug-likeness (QED) is 0.353. The number of rotatable bonds is 9. The number of alkyl halides is 3. The number of hydrogen-bond acceptors (Lipinski definition) is 6. The SMILES string of the molecule is Cc1cc(-c2ccc(NCC(=O)Nc3ccc(CN4CCN(C)CC4)c(C(F)(F)F)c3)cc2)cnc1N(C)C(=O)C1CC1. The monoisotopic (exact) mass is 594 g/mol. The highest BCUT2D eigenvalue weighted by Crippen LogP contribution is 2.35. The van der Waals surface area contributed by atoms with E-state index in [1.807, 2.05) is 49.2 Å². The van der Waals surface area contributed by atoms with Gasteiger partial charge in [-0.25, -0.2) is 4.98 Å². The number of anilines is 3. The number of nitrogens with zero attached hydrogens (tertiary/aromatic N) is 4. The number of amides is 2. The fourth-order valence-corrected chi connectivity index (χ4v) is 5.26. The molecule has 11 heteroatoms. The van der Waals surface area contributed by atoms with Crippen LogP contribution in [-0.2, 0) is 22.3 Å². The number of carbonyl (C=O) groups excluding carboxylic acids is 2. The molecule has 8 nitrogen and oxygen atoms in total. The lowest BCUT2D eigenvalue weighted by Crippen LogP contribution is -2.44. The van der Waals surface area contributed by atoms with E-state index in [-0.39, 0.29) is 36.2 Å². The molecule has 2 fully saturated rings. The van der Waals surface area contributed by atoms with Gasteiger partial charge in [-0.05, 0) is 73.8 Å². The Kier molecular flexibility index (Phi) is 9.03. The van der Waals surface area contributed by atoms with Gasteiger partial charge in [-0.2, -0.15) is 13.2 Å². The Labute approximate surface area is 249 Å². The molecule has 43 heavy (non-hydrogen) atoms. The number of carbonyl (C=O) groups is 2. The van der Waals surface area contributed by atoms with Crippen LogP contribution >= 0.6 is 0 Å². The Morgan fingerprint density at radius 3 is 2.28 bits per heavy atom. The summed E-state index contributed by atoms with van der Waals surface area (Å²) in [5.74, 6) is 0.409. The maximum absolute atomic E-state index is 13.9. The van der Waals surface area contributed by atoms with E-state index in [2.05, 4.69) is 20.5 Å². The first-order chi connectivity index (χ1) is 20.5. The highest BCUT2D eigenvalue weighted by Gasteiger charge is 2.35. The van der Waals surface area contributed by atoms with Crippen LogP contribution in [-0.4, -0.2) is 73.4 Å². The molecule has 0 radical (unpaired) electrons. The molecule has 2 heterocycles. The van der Waals surface area contributed by atoms with Gasteiger partial charge in [0.1, 0.15) is 5.82 Å². The van der Waals surface area contributed by atoms with Crippen molar-refractivity contribution in [3.63, 3.8) is 0 Å². The van der Waals surface area contributed by atoms with E-state index < -0.39 is 17.6 Å². The molecule has 2 amide bonds. The number of aryl methyl sites for hydroxylation is 1. The van der Waals surface area contributed by atoms with E-state index in [1.165, 1.54) is 12.1 Å². The summed E-state index contributed by atoms with van der Waals surface area (Å²) in [5.41, 5.74) is 2.98. The van der Waals surface area contributed by atoms with E-state index in [4.69, 9.17) is 0 Å². The normalized spacial score (nSPS) is 16.1. The lowest BCUT2D eigenvalue weighted by molar-refractivity contribution is -0.138. The summed E-state index contributed by atoms with van der Waals surface area (Å²) in [6.07, 6.45) is -0.917. The molecule has 2 N–H and O–H groups in total. The molecule has 2 aliphatic rings. The third-order valence-corrected chi connectivity index (χ3v) is 7.99. The number of likely N-dealkylation sites (N-methyl/N-ethyl adjacent to an activating group) is 1. The highest BCUT2D eigenvalue weighted by molar-refractivity contribution is 5.96. The van der Waals surface area contributed by atoms with Crippen LogP contribution in [0.1, 0.15) is 29.5 Å². The minimum Gasteiger partial charge on any atom is -0.376 e. The topological polar surface area (TPSA) is 80.8 Å². The van der Waals surface area contributed by atoms with Crippen LogP contribution < -0.4 is 15.5 Å². The number of halogens is 3. The fourth-order valence-electron chi connectivity index (χ4n) is 5.26. The van der Waals surface area contributed by atoms with Crippen LogP contribution in [0.25, 0.3) is 11.1 Å². The predicted molar refractivity (Wildman–Crippen MR) is 162 cm³/mol. The summed E-state index contributed by atoms with van der Waals surface area (Å²) in [7, 11) is 3.75. The first-order valence-electron chi connectivity index (χ1n) is 14.5. The molecule has 1 saturated carbocycles. The molecule has 0 bridgehead atoms. The average Bonchev–Trinajstić information content (AvgIpc) is 3.83. The zero-order valence-corrected chi connectivity index (χ0v) is 24.7. The Balaban J connectivity index is 1.17. The first kappa shape index (κ1) is 30.5. The first-order valence-corrected chi connectivity index (χ1v) is 14.5. The van der Waals surface area contributed by atoms with Crippen LogP contribution in [0, 0.1) is 12.8 Å². The second-order valence-corrected chi connectivity index (χ2v) is 11.5. The molecular weight excluding hydrogens is 557 g/mol. The molecule has 1 aliphatic carbocycles. The largest absolute Gasteiger partial charge is 0.416 e. The molecule has 228 valence electrons. The van der Waals surface area contributed by atoms with E-state index in [0.717, 1.165) is 48.7 Å². The molecule has 5 rings (SSSR count). The van der Waals surface area contributed by atoms with Crippen molar-refractivity contribution in [2.45, 2.75) is 32.5 Å². The minimum absolute atomic E-state index is 0.0989. The van der Waals surface area contributed by atoms with Gasteiger partial charge in [-0.1, -0.05) is 18.2 Å². The van der Waals surface area contributed by atoms with Gasteiger partial charge in [0.05, 0.1) is 12.1 Å². The molecule has 1 saturated heterocycles. The summed E-state index contributed by atoms with van der Waals surface area (Å²) in [6.45, 7) is 5.08. The van der Waals surface area contributed by atoms with Crippen molar-refractivity contribution in [1.82, 2.24) is 14.8 Å². The Morgan fingerprint density at radius 2 is 1.65 bits per heavy atom. The second-order valence-electron chi connectivity index (χ2n) is 11.5. The van der Waals surface area contributed by atoms with Crippen LogP contribution in [0.4, 0.5) is 30.4 Å². The molecule has 0 atom stereocenters. The molecular formula is C32H37F3N6O2. The molecule has 0 unspecified atom stereocenters. The van der Waals surface area contributed by atoms with E-state index in [0.29, 0.717) is 24.6 Å². The van der Waals surface area contributed by atoms with Crippen molar-refractivity contribution in [3.05, 3.63) is 71.4 Å². The van der Waals surface area contributed by atoms with Gasteiger partial charge in [0, 0.05) is 68.8 Å². The van der Waals surface area contributed by atoms with Gasteiger partial charge in [-0.3, -0.25) is 19.4 Å². The van der Waals surface area contributed by atoms with Crippen molar-refractivity contribution in [2.75, 3.05) is 62.4 Å². The number of pyridine rings is 1. The van der Waals surface area contributed by atoms with Gasteiger partial charge in [0.15, 0.2) is 0 Å². The van der Waals surface area contributed by atoms with Crippen LogP contribution in [0.5, 0.6) is 0 Å². The van der Waals surface area contributed by atoms with Gasteiger partial charge < -0.3 is 15.5 Å². The van der Waals surface area contributed by atoms with Crippen molar-refractivity contribution in [1.29, 1.82) is 0 Å². The maximum atomic E-state index is 13.9. The number of hydrogen-bond donors (Lipinski definition) is 2. The van der Waals surface area contributed by atoms with Crippen molar-refractivity contribution in [2.24, 2.45) is 5.92 Å². The zero-order chi connectivity index (χ0) is 30.7. The smallest absolute Gasteiger partial charge is 0.376 e. The van der Waals surface area contributed by atoms with Crippen LogP contribution in [0.3, 0.4) is 0 Å². The Hall–Kier alpha value is -3.96. The van der Waals surface area contributed by atoms with Crippen LogP contribution in [0.2, 0.25) is 0 Å². The summed E-state index contributed by atoms with van der Waals surface area (Å²) in [5, 5.41) is 5.60. The minimum atomic E-state index is -4.53. The lowest BCUT2D eigenvalue weighted by atomic mass is 10.0. The van der Waals surface area contributed by atoms with Crippen molar-refractivity contribution < 1.29 is 22.8 Å². The van der Waals surface area contributed by atoms with Gasteiger partial charge >= 0.3 is 6.18 Å². The number of nitrogens with one attached hydrogen (secondary N) is 2. The summed E-state index contributed by atoms with van der Waals surface area (Å²) in [6, 6.07) is 13.4. The van der Waals surface area contributed by atoms with E-state index in [1.54, 1.807) is 18.1 Å². The van der Waals surface area contributed by atoms with Gasteiger partial charge in [0.2, 0.25) is 11.8 Å². The third kappa shape index (κ3) is 7.71. The van der Waals surface area contributed by atoms with Crippen LogP contribution in [0.15, 0.2) is 54.7 Å². The Bertz CT molecular complexity index is 1460. The molecule has 0 spiro atoms. The average molecular weight is 595 g/mol. The number of benzene rings is 2. The third-order valence-electron chi connectivity index (χ3n) is 7.99. The molecule has 1 aliphatic heterocycles. The number of piperazine rings is 1. The lowest BCUT2D eigenvalue weighted by Gasteiger charge is -2.33. The van der Waals surface area contributed by atoms with E-state index in [9.17, 15) is 22.8 Å². The van der Waals surface area contributed by atoms with Crippen molar-refractivity contribution in [3.8, 4) is 11.1 Å². The maximum Gasteiger partial charge on any atom is 0.416 e. The fraction of sp³-hybridized carbons (Fsp3) is 0.406. The Morgan fingerprint density at radius 1 is 0.977 bits per heavy atom. The van der Waals surface area contributed by atoms with Crippen molar-refractivity contribution >= 4 is 29.0 Å². The summed E-state index contributed by atoms with van der Waals surface area (Å²) < 4.78 is 41.6.